The Bertz CT molecular complexity index is 430. The van der Waals surface area contributed by atoms with Crippen molar-refractivity contribution in [2.24, 2.45) is 5.92 Å². The average Bonchev–Trinajstić information content (AvgIpc) is 2.48. The quantitative estimate of drug-likeness (QED) is 0.867. The fourth-order valence-corrected chi connectivity index (χ4v) is 3.46. The molecule has 1 fully saturated rings. The van der Waals surface area contributed by atoms with Gasteiger partial charge in [-0.1, -0.05) is 42.3 Å². The van der Waals surface area contributed by atoms with Crippen LogP contribution in [0.4, 0.5) is 0 Å². The lowest BCUT2D eigenvalue weighted by Crippen LogP contribution is -2.37. The highest BCUT2D eigenvalue weighted by atomic mass is 35.5. The monoisotopic (exact) mass is 314 g/mol. The highest BCUT2D eigenvalue weighted by Gasteiger charge is 2.22. The summed E-state index contributed by atoms with van der Waals surface area (Å²) in [6.07, 6.45) is 2.54. The van der Waals surface area contributed by atoms with Gasteiger partial charge in [-0.05, 0) is 56.9 Å². The second-order valence-electron chi connectivity index (χ2n) is 5.60. The van der Waals surface area contributed by atoms with Crippen molar-refractivity contribution in [3.8, 4) is 0 Å². The Kier molecular flexibility index (Phi) is 6.16. The van der Waals surface area contributed by atoms with E-state index in [1.54, 1.807) is 0 Å². The lowest BCUT2D eigenvalue weighted by Gasteiger charge is -2.34. The standard InChI is InChI=1S/C16H24Cl2N2/c1-3-20(11-13-7-9-19-10-8-13)12(2)14-5-4-6-15(17)16(14)18/h4-6,12-13,19H,3,7-11H2,1-2H3. The van der Waals surface area contributed by atoms with Gasteiger partial charge in [0.25, 0.3) is 0 Å². The second kappa shape index (κ2) is 7.65. The molecule has 1 heterocycles. The first kappa shape index (κ1) is 16.1. The van der Waals surface area contributed by atoms with Gasteiger partial charge in [-0.25, -0.2) is 0 Å². The van der Waals surface area contributed by atoms with Gasteiger partial charge in [-0.3, -0.25) is 4.90 Å². The number of hydrogen-bond acceptors (Lipinski definition) is 2. The van der Waals surface area contributed by atoms with Crippen LogP contribution < -0.4 is 5.32 Å². The van der Waals surface area contributed by atoms with E-state index in [1.165, 1.54) is 12.8 Å². The number of hydrogen-bond donors (Lipinski definition) is 1. The Morgan fingerprint density at radius 2 is 2.00 bits per heavy atom. The minimum absolute atomic E-state index is 0.307. The van der Waals surface area contributed by atoms with Gasteiger partial charge < -0.3 is 5.32 Å². The van der Waals surface area contributed by atoms with Crippen molar-refractivity contribution in [2.75, 3.05) is 26.2 Å². The topological polar surface area (TPSA) is 15.3 Å². The van der Waals surface area contributed by atoms with Gasteiger partial charge in [0.15, 0.2) is 0 Å². The summed E-state index contributed by atoms with van der Waals surface area (Å²) in [6, 6.07) is 6.23. The molecule has 1 aliphatic rings. The van der Waals surface area contributed by atoms with E-state index in [1.807, 2.05) is 12.1 Å². The summed E-state index contributed by atoms with van der Waals surface area (Å²) in [6.45, 7) is 8.91. The molecule has 1 aliphatic heterocycles. The molecule has 1 aromatic carbocycles. The molecule has 1 N–H and O–H groups in total. The zero-order valence-electron chi connectivity index (χ0n) is 12.3. The molecule has 0 saturated carbocycles. The maximum atomic E-state index is 6.36. The van der Waals surface area contributed by atoms with Crippen molar-refractivity contribution >= 4 is 23.2 Å². The minimum Gasteiger partial charge on any atom is -0.317 e. The third kappa shape index (κ3) is 3.88. The van der Waals surface area contributed by atoms with Crippen molar-refractivity contribution < 1.29 is 0 Å². The number of halogens is 2. The molecule has 0 amide bonds. The van der Waals surface area contributed by atoms with Gasteiger partial charge in [0.1, 0.15) is 0 Å². The van der Waals surface area contributed by atoms with E-state index in [2.05, 4.69) is 30.1 Å². The van der Waals surface area contributed by atoms with Crippen LogP contribution in [0.25, 0.3) is 0 Å². The van der Waals surface area contributed by atoms with E-state index in [9.17, 15) is 0 Å². The Balaban J connectivity index is 2.07. The Morgan fingerprint density at radius 3 is 2.65 bits per heavy atom. The zero-order chi connectivity index (χ0) is 14.5. The summed E-state index contributed by atoms with van der Waals surface area (Å²) < 4.78 is 0. The fourth-order valence-electron chi connectivity index (χ4n) is 3.00. The largest absolute Gasteiger partial charge is 0.317 e. The number of rotatable bonds is 5. The van der Waals surface area contributed by atoms with Gasteiger partial charge >= 0.3 is 0 Å². The predicted octanol–water partition coefficient (Wildman–Crippen LogP) is 4.38. The van der Waals surface area contributed by atoms with E-state index in [4.69, 9.17) is 23.2 Å². The molecule has 1 saturated heterocycles. The first-order valence-electron chi connectivity index (χ1n) is 7.52. The molecule has 0 aliphatic carbocycles. The molecule has 1 unspecified atom stereocenters. The molecule has 112 valence electrons. The molecule has 20 heavy (non-hydrogen) atoms. The Morgan fingerprint density at radius 1 is 1.30 bits per heavy atom. The molecular formula is C16H24Cl2N2. The summed E-state index contributed by atoms with van der Waals surface area (Å²) in [7, 11) is 0. The SMILES string of the molecule is CCN(CC1CCNCC1)C(C)c1cccc(Cl)c1Cl. The third-order valence-electron chi connectivity index (χ3n) is 4.34. The van der Waals surface area contributed by atoms with E-state index >= 15 is 0 Å². The van der Waals surface area contributed by atoms with Crippen LogP contribution in [-0.2, 0) is 0 Å². The summed E-state index contributed by atoms with van der Waals surface area (Å²) >= 11 is 12.5. The predicted molar refractivity (Wildman–Crippen MR) is 87.7 cm³/mol. The molecule has 1 aromatic rings. The van der Waals surface area contributed by atoms with Crippen LogP contribution in [0.3, 0.4) is 0 Å². The maximum Gasteiger partial charge on any atom is 0.0640 e. The third-order valence-corrected chi connectivity index (χ3v) is 5.17. The van der Waals surface area contributed by atoms with E-state index in [0.29, 0.717) is 16.1 Å². The highest BCUT2D eigenvalue weighted by Crippen LogP contribution is 2.33. The molecule has 2 nitrogen and oxygen atoms in total. The first-order chi connectivity index (χ1) is 9.63. The minimum atomic E-state index is 0.307. The fraction of sp³-hybridized carbons (Fsp3) is 0.625. The Labute approximate surface area is 132 Å². The molecular weight excluding hydrogens is 291 g/mol. The van der Waals surface area contributed by atoms with Crippen LogP contribution >= 0.6 is 23.2 Å². The van der Waals surface area contributed by atoms with Crippen LogP contribution in [0.5, 0.6) is 0 Å². The molecule has 2 rings (SSSR count). The normalized spacial score (nSPS) is 18.4. The molecule has 1 atom stereocenters. The van der Waals surface area contributed by atoms with Crippen LogP contribution in [0.15, 0.2) is 18.2 Å². The van der Waals surface area contributed by atoms with Gasteiger partial charge in [-0.15, -0.1) is 0 Å². The van der Waals surface area contributed by atoms with Crippen LogP contribution in [0.2, 0.25) is 10.0 Å². The van der Waals surface area contributed by atoms with Crippen molar-refractivity contribution in [1.29, 1.82) is 0 Å². The number of nitrogens with one attached hydrogen (secondary N) is 1. The number of nitrogens with zero attached hydrogens (tertiary/aromatic N) is 1. The van der Waals surface area contributed by atoms with E-state index < -0.39 is 0 Å². The van der Waals surface area contributed by atoms with Crippen LogP contribution in [0, 0.1) is 5.92 Å². The Hall–Kier alpha value is -0.280. The maximum absolute atomic E-state index is 6.36. The zero-order valence-corrected chi connectivity index (χ0v) is 13.8. The van der Waals surface area contributed by atoms with Crippen molar-refractivity contribution in [3.05, 3.63) is 33.8 Å². The van der Waals surface area contributed by atoms with Gasteiger partial charge in [-0.2, -0.15) is 0 Å². The summed E-state index contributed by atoms with van der Waals surface area (Å²) in [5.74, 6) is 0.789. The average molecular weight is 315 g/mol. The molecule has 0 aromatic heterocycles. The van der Waals surface area contributed by atoms with Gasteiger partial charge in [0.05, 0.1) is 10.0 Å². The number of piperidine rings is 1. The molecule has 0 bridgehead atoms. The highest BCUT2D eigenvalue weighted by molar-refractivity contribution is 6.42. The summed E-state index contributed by atoms with van der Waals surface area (Å²) in [5, 5.41) is 4.77. The van der Waals surface area contributed by atoms with Gasteiger partial charge in [0.2, 0.25) is 0 Å². The molecule has 4 heteroatoms. The number of benzene rings is 1. The van der Waals surface area contributed by atoms with Crippen molar-refractivity contribution in [3.63, 3.8) is 0 Å². The van der Waals surface area contributed by atoms with Crippen LogP contribution in [-0.4, -0.2) is 31.1 Å². The molecule has 0 spiro atoms. The summed E-state index contributed by atoms with van der Waals surface area (Å²) in [5.41, 5.74) is 1.13. The lowest BCUT2D eigenvalue weighted by atomic mass is 9.96. The second-order valence-corrected chi connectivity index (χ2v) is 6.39. The van der Waals surface area contributed by atoms with Crippen molar-refractivity contribution in [1.82, 2.24) is 10.2 Å². The summed E-state index contributed by atoms with van der Waals surface area (Å²) in [4.78, 5) is 2.51. The van der Waals surface area contributed by atoms with E-state index in [0.717, 1.165) is 37.7 Å². The molecule has 0 radical (unpaired) electrons. The first-order valence-corrected chi connectivity index (χ1v) is 8.27. The van der Waals surface area contributed by atoms with Gasteiger partial charge in [0, 0.05) is 12.6 Å². The lowest BCUT2D eigenvalue weighted by molar-refractivity contribution is 0.169. The smallest absolute Gasteiger partial charge is 0.0640 e. The van der Waals surface area contributed by atoms with Crippen molar-refractivity contribution in [2.45, 2.75) is 32.7 Å². The van der Waals surface area contributed by atoms with E-state index in [-0.39, 0.29) is 0 Å². The van der Waals surface area contributed by atoms with Crippen LogP contribution in [0.1, 0.15) is 38.3 Å².